The Balaban J connectivity index is 1.67. The number of thiazole rings is 1. The van der Waals surface area contributed by atoms with Gasteiger partial charge in [-0.1, -0.05) is 29.8 Å². The summed E-state index contributed by atoms with van der Waals surface area (Å²) >= 11 is 7.45. The van der Waals surface area contributed by atoms with Gasteiger partial charge in [-0.3, -0.25) is 4.90 Å². The quantitative estimate of drug-likeness (QED) is 0.247. The van der Waals surface area contributed by atoms with Crippen LogP contribution >= 0.6 is 22.9 Å². The van der Waals surface area contributed by atoms with Crippen LogP contribution in [0.25, 0.3) is 5.57 Å². The summed E-state index contributed by atoms with van der Waals surface area (Å²) < 4.78 is 74.1. The van der Waals surface area contributed by atoms with Crippen molar-refractivity contribution in [3.05, 3.63) is 75.6 Å². The van der Waals surface area contributed by atoms with Crippen molar-refractivity contribution in [3.8, 4) is 5.75 Å². The lowest BCUT2D eigenvalue weighted by atomic mass is 9.93. The predicted octanol–water partition coefficient (Wildman–Crippen LogP) is 7.68. The number of halogens is 3. The first kappa shape index (κ1) is 35.1. The highest BCUT2D eigenvalue weighted by Crippen LogP contribution is 2.35. The number of benzene rings is 2. The fourth-order valence-electron chi connectivity index (χ4n) is 4.53. The molecule has 4 rings (SSSR count). The number of anilines is 1. The molecule has 0 N–H and O–H groups in total. The van der Waals surface area contributed by atoms with Crippen LogP contribution in [0.1, 0.15) is 53.5 Å². The molecule has 0 saturated carbocycles. The zero-order valence-electron chi connectivity index (χ0n) is 26.0. The van der Waals surface area contributed by atoms with E-state index in [2.05, 4.69) is 4.98 Å². The van der Waals surface area contributed by atoms with Gasteiger partial charge < -0.3 is 14.2 Å². The smallest absolute Gasteiger partial charge is 0.430 e. The molecule has 1 aliphatic heterocycles. The summed E-state index contributed by atoms with van der Waals surface area (Å²) in [5.74, 6) is -2.26. The third kappa shape index (κ3) is 8.34. The fraction of sp³-hybridized carbons (Fsp3) is 0.387. The summed E-state index contributed by atoms with van der Waals surface area (Å²) in [4.78, 5) is 30.6. The van der Waals surface area contributed by atoms with Crippen molar-refractivity contribution in [2.45, 2.75) is 70.1 Å². The fourth-order valence-corrected chi connectivity index (χ4v) is 6.74. The van der Waals surface area contributed by atoms with Crippen molar-refractivity contribution >= 4 is 56.5 Å². The van der Waals surface area contributed by atoms with E-state index in [1.54, 1.807) is 47.6 Å². The summed E-state index contributed by atoms with van der Waals surface area (Å²) in [5.41, 5.74) is 0.511. The second-order valence-electron chi connectivity index (χ2n) is 12.3. The molecule has 2 aromatic carbocycles. The van der Waals surface area contributed by atoms with E-state index in [9.17, 15) is 22.4 Å². The second-order valence-corrected chi connectivity index (χ2v) is 15.1. The standard InChI is InChI=1S/C31H34ClF2N3O7S2/c1-30(2,3)43-28(38)36-12-8-11-21(19-9-7-10-20(33)13-19)24(36)16-42-25-15-23(34)26(14-22(25)32)46(40,41)37(27-17-45-18-35-27)29(39)44-31(4,5)6/h7,9-11,13-15,17-18,24H,8,12,16H2,1-6H3. The lowest BCUT2D eigenvalue weighted by Crippen LogP contribution is -2.48. The maximum atomic E-state index is 15.6. The van der Waals surface area contributed by atoms with Crippen LogP contribution in [0.15, 0.2) is 58.3 Å². The number of amides is 2. The highest BCUT2D eigenvalue weighted by molar-refractivity contribution is 7.93. The molecule has 0 fully saturated rings. The number of ether oxygens (including phenoxy) is 3. The normalized spacial score (nSPS) is 15.6. The van der Waals surface area contributed by atoms with Gasteiger partial charge in [0, 0.05) is 18.0 Å². The summed E-state index contributed by atoms with van der Waals surface area (Å²) in [7, 11) is -4.91. The van der Waals surface area contributed by atoms with Crippen molar-refractivity contribution in [1.82, 2.24) is 9.88 Å². The van der Waals surface area contributed by atoms with Crippen LogP contribution in [-0.2, 0) is 19.5 Å². The molecule has 15 heteroatoms. The summed E-state index contributed by atoms with van der Waals surface area (Å²) in [6.07, 6.45) is 0.388. The van der Waals surface area contributed by atoms with Crippen molar-refractivity contribution in [2.75, 3.05) is 17.5 Å². The van der Waals surface area contributed by atoms with Crippen LogP contribution in [0.4, 0.5) is 24.2 Å². The molecule has 248 valence electrons. The first-order chi connectivity index (χ1) is 21.4. The van der Waals surface area contributed by atoms with Gasteiger partial charge in [-0.15, -0.1) is 15.6 Å². The summed E-state index contributed by atoms with van der Waals surface area (Å²) in [6.45, 7) is 9.80. The van der Waals surface area contributed by atoms with Crippen molar-refractivity contribution in [3.63, 3.8) is 0 Å². The van der Waals surface area contributed by atoms with Gasteiger partial charge >= 0.3 is 12.2 Å². The molecule has 0 saturated heterocycles. The van der Waals surface area contributed by atoms with Crippen molar-refractivity contribution in [1.29, 1.82) is 0 Å². The Morgan fingerprint density at radius 3 is 2.39 bits per heavy atom. The maximum Gasteiger partial charge on any atom is 0.430 e. The third-order valence-electron chi connectivity index (χ3n) is 6.34. The summed E-state index contributed by atoms with van der Waals surface area (Å²) in [6, 6.07) is 6.62. The number of aromatic nitrogens is 1. The molecule has 2 heterocycles. The van der Waals surface area contributed by atoms with Crippen molar-refractivity contribution in [2.24, 2.45) is 0 Å². The van der Waals surface area contributed by atoms with Gasteiger partial charge in [0.05, 0.1) is 16.6 Å². The molecule has 2 amide bonds. The SMILES string of the molecule is CC(C)(C)OC(=O)N1CCC=C(c2cccc(F)c2)C1COc1cc(F)c(S(=O)(=O)N(C(=O)OC(C)(C)C)c2cscn2)cc1Cl. The van der Waals surface area contributed by atoms with Gasteiger partial charge in [-0.2, -0.15) is 0 Å². The van der Waals surface area contributed by atoms with E-state index in [0.717, 1.165) is 23.5 Å². The van der Waals surface area contributed by atoms with Gasteiger partial charge in [-0.05, 0) is 77.3 Å². The van der Waals surface area contributed by atoms with Crippen LogP contribution in [0.2, 0.25) is 5.02 Å². The van der Waals surface area contributed by atoms with E-state index < -0.39 is 56.0 Å². The molecule has 1 atom stereocenters. The first-order valence-electron chi connectivity index (χ1n) is 14.1. The molecule has 3 aromatic rings. The molecule has 1 unspecified atom stereocenters. The molecular weight excluding hydrogens is 664 g/mol. The Kier molecular flexibility index (Phi) is 10.3. The minimum atomic E-state index is -4.91. The van der Waals surface area contributed by atoms with E-state index in [1.165, 1.54) is 34.0 Å². The molecule has 0 bridgehead atoms. The van der Waals surface area contributed by atoms with Crippen LogP contribution in [0.5, 0.6) is 5.75 Å². The van der Waals surface area contributed by atoms with Crippen LogP contribution in [0, 0.1) is 11.6 Å². The molecule has 1 aliphatic rings. The Hall–Kier alpha value is -3.75. The van der Waals surface area contributed by atoms with E-state index >= 15 is 4.39 Å². The lowest BCUT2D eigenvalue weighted by Gasteiger charge is -2.37. The van der Waals surface area contributed by atoms with E-state index in [1.807, 2.05) is 6.08 Å². The Morgan fingerprint density at radius 1 is 1.09 bits per heavy atom. The summed E-state index contributed by atoms with van der Waals surface area (Å²) in [5, 5.41) is 1.00. The van der Waals surface area contributed by atoms with E-state index in [-0.39, 0.29) is 34.0 Å². The zero-order chi connectivity index (χ0) is 34.0. The zero-order valence-corrected chi connectivity index (χ0v) is 28.4. The number of hydrogen-bond donors (Lipinski definition) is 0. The van der Waals surface area contributed by atoms with Gasteiger partial charge in [0.1, 0.15) is 40.1 Å². The molecule has 10 nitrogen and oxygen atoms in total. The molecule has 0 aliphatic carbocycles. The van der Waals surface area contributed by atoms with Crippen LogP contribution in [0.3, 0.4) is 0 Å². The minimum absolute atomic E-state index is 0.233. The lowest BCUT2D eigenvalue weighted by molar-refractivity contribution is 0.0162. The van der Waals surface area contributed by atoms with Gasteiger partial charge in [-0.25, -0.2) is 31.8 Å². The predicted molar refractivity (Wildman–Crippen MR) is 171 cm³/mol. The number of sulfonamides is 1. The highest BCUT2D eigenvalue weighted by atomic mass is 35.5. The molecule has 0 spiro atoms. The van der Waals surface area contributed by atoms with Gasteiger partial charge in [0.15, 0.2) is 5.82 Å². The number of carbonyl (C=O) groups excluding carboxylic acids is 2. The highest BCUT2D eigenvalue weighted by Gasteiger charge is 2.39. The number of hydrogen-bond acceptors (Lipinski definition) is 9. The van der Waals surface area contributed by atoms with E-state index in [4.69, 9.17) is 25.8 Å². The van der Waals surface area contributed by atoms with Crippen molar-refractivity contribution < 1.29 is 41.0 Å². The average molecular weight is 698 g/mol. The number of carbonyl (C=O) groups is 2. The Labute approximate surface area is 275 Å². The average Bonchev–Trinajstić information content (AvgIpc) is 3.45. The van der Waals surface area contributed by atoms with Crippen LogP contribution < -0.4 is 9.04 Å². The van der Waals surface area contributed by atoms with Gasteiger partial charge in [0.25, 0.3) is 10.0 Å². The number of rotatable bonds is 7. The molecular formula is C31H34ClF2N3O7S2. The monoisotopic (exact) mass is 697 g/mol. The van der Waals surface area contributed by atoms with E-state index in [0.29, 0.717) is 17.6 Å². The first-order valence-corrected chi connectivity index (χ1v) is 16.9. The van der Waals surface area contributed by atoms with Crippen LogP contribution in [-0.4, -0.2) is 60.9 Å². The van der Waals surface area contributed by atoms with Gasteiger partial charge in [0.2, 0.25) is 0 Å². The minimum Gasteiger partial charge on any atom is -0.489 e. The Bertz CT molecular complexity index is 1740. The molecule has 1 aromatic heterocycles. The third-order valence-corrected chi connectivity index (χ3v) is 8.90. The topological polar surface area (TPSA) is 115 Å². The maximum absolute atomic E-state index is 15.6. The molecule has 46 heavy (non-hydrogen) atoms. The second kappa shape index (κ2) is 13.5. The Morgan fingerprint density at radius 2 is 1.78 bits per heavy atom. The largest absolute Gasteiger partial charge is 0.489 e. The molecule has 0 radical (unpaired) electrons. The number of nitrogens with zero attached hydrogens (tertiary/aromatic N) is 3.